The van der Waals surface area contributed by atoms with Crippen LogP contribution in [0.15, 0.2) is 10.5 Å². The van der Waals surface area contributed by atoms with Crippen LogP contribution >= 0.6 is 11.8 Å². The molecule has 1 aliphatic rings. The van der Waals surface area contributed by atoms with Crippen molar-refractivity contribution >= 4 is 11.8 Å². The first-order chi connectivity index (χ1) is 5.08. The Bertz CT molecular complexity index is 177. The van der Waals surface area contributed by atoms with Gasteiger partial charge < -0.3 is 0 Å². The van der Waals surface area contributed by atoms with Crippen molar-refractivity contribution in [2.75, 3.05) is 6.26 Å². The minimum absolute atomic E-state index is 0.460. The van der Waals surface area contributed by atoms with E-state index in [4.69, 9.17) is 0 Å². The van der Waals surface area contributed by atoms with E-state index in [1.807, 2.05) is 11.8 Å². The Balaban J connectivity index is 2.92. The number of hydrogen-bond donors (Lipinski definition) is 0. The molecule has 0 aromatic rings. The molecule has 64 valence electrons. The van der Waals surface area contributed by atoms with E-state index in [9.17, 15) is 0 Å². The van der Waals surface area contributed by atoms with E-state index >= 15 is 0 Å². The van der Waals surface area contributed by atoms with E-state index in [2.05, 4.69) is 27.0 Å². The predicted octanol–water partition coefficient (Wildman–Crippen LogP) is 3.83. The summed E-state index contributed by atoms with van der Waals surface area (Å²) in [5, 5.41) is 0. The van der Waals surface area contributed by atoms with Crippen LogP contribution in [-0.4, -0.2) is 6.26 Å². The molecule has 1 rings (SSSR count). The van der Waals surface area contributed by atoms with Crippen molar-refractivity contribution in [2.45, 2.75) is 40.0 Å². The third-order valence-electron chi connectivity index (χ3n) is 2.56. The van der Waals surface area contributed by atoms with Crippen LogP contribution in [-0.2, 0) is 0 Å². The van der Waals surface area contributed by atoms with Crippen molar-refractivity contribution in [3.05, 3.63) is 10.5 Å². The number of rotatable bonds is 1. The molecule has 0 heterocycles. The molecule has 0 radical (unpaired) electrons. The lowest BCUT2D eigenvalue weighted by Crippen LogP contribution is -2.18. The molecule has 0 aliphatic heterocycles. The van der Waals surface area contributed by atoms with Crippen LogP contribution in [0, 0.1) is 5.41 Å². The maximum Gasteiger partial charge on any atom is -0.00443 e. The van der Waals surface area contributed by atoms with Crippen molar-refractivity contribution in [3.63, 3.8) is 0 Å². The summed E-state index contributed by atoms with van der Waals surface area (Å²) in [6.45, 7) is 7.01. The minimum Gasteiger partial charge on any atom is -0.134 e. The van der Waals surface area contributed by atoms with Gasteiger partial charge in [-0.2, -0.15) is 0 Å². The first-order valence-electron chi connectivity index (χ1n) is 4.32. The highest BCUT2D eigenvalue weighted by molar-refractivity contribution is 8.02. The minimum atomic E-state index is 0.460. The highest BCUT2D eigenvalue weighted by Gasteiger charge is 2.27. The van der Waals surface area contributed by atoms with Crippen molar-refractivity contribution in [1.82, 2.24) is 0 Å². The van der Waals surface area contributed by atoms with E-state index in [-0.39, 0.29) is 0 Å². The normalized spacial score (nSPS) is 24.0. The van der Waals surface area contributed by atoms with Gasteiger partial charge in [-0.3, -0.25) is 0 Å². The summed E-state index contributed by atoms with van der Waals surface area (Å²) in [7, 11) is 0. The van der Waals surface area contributed by atoms with Gasteiger partial charge in [-0.15, -0.1) is 11.8 Å². The molecule has 1 aliphatic carbocycles. The first kappa shape index (κ1) is 9.18. The summed E-state index contributed by atoms with van der Waals surface area (Å²) >= 11 is 1.94. The number of allylic oxidation sites excluding steroid dienone is 2. The molecule has 0 bridgehead atoms. The zero-order chi connectivity index (χ0) is 8.48. The van der Waals surface area contributed by atoms with Gasteiger partial charge in [-0.05, 0) is 42.8 Å². The van der Waals surface area contributed by atoms with Gasteiger partial charge in [-0.1, -0.05) is 19.4 Å². The molecule has 0 aromatic carbocycles. The monoisotopic (exact) mass is 170 g/mol. The van der Waals surface area contributed by atoms with Crippen LogP contribution in [0.4, 0.5) is 0 Å². The van der Waals surface area contributed by atoms with Gasteiger partial charge in [0.15, 0.2) is 0 Å². The second-order valence-corrected chi connectivity index (χ2v) is 4.87. The Labute approximate surface area is 74.5 Å². The Hall–Kier alpha value is 0.0900. The summed E-state index contributed by atoms with van der Waals surface area (Å²) in [4.78, 5) is 1.63. The number of thioether (sulfide) groups is 1. The summed E-state index contributed by atoms with van der Waals surface area (Å²) in [5.41, 5.74) is 2.08. The molecule has 11 heavy (non-hydrogen) atoms. The molecule has 0 saturated heterocycles. The fourth-order valence-electron chi connectivity index (χ4n) is 2.05. The van der Waals surface area contributed by atoms with Crippen molar-refractivity contribution < 1.29 is 0 Å². The molecular weight excluding hydrogens is 152 g/mol. The molecule has 0 unspecified atom stereocenters. The average molecular weight is 170 g/mol. The smallest absolute Gasteiger partial charge is 0.00443 e. The fourth-order valence-corrected chi connectivity index (χ4v) is 3.16. The van der Waals surface area contributed by atoms with Crippen molar-refractivity contribution in [1.29, 1.82) is 0 Å². The largest absolute Gasteiger partial charge is 0.134 e. The van der Waals surface area contributed by atoms with Gasteiger partial charge in [-0.25, -0.2) is 0 Å². The molecule has 0 atom stereocenters. The third-order valence-corrected chi connectivity index (χ3v) is 3.87. The Morgan fingerprint density at radius 1 is 1.36 bits per heavy atom. The topological polar surface area (TPSA) is 0 Å². The second kappa shape index (κ2) is 3.22. The van der Waals surface area contributed by atoms with Gasteiger partial charge in [0.05, 0.1) is 0 Å². The van der Waals surface area contributed by atoms with Gasteiger partial charge in [0.25, 0.3) is 0 Å². The van der Waals surface area contributed by atoms with Crippen molar-refractivity contribution in [3.8, 4) is 0 Å². The second-order valence-electron chi connectivity index (χ2n) is 4.05. The molecule has 0 saturated carbocycles. The molecule has 1 heteroatoms. The molecule has 0 aromatic heterocycles. The average Bonchev–Trinajstić information content (AvgIpc) is 1.86. The molecule has 0 N–H and O–H groups in total. The van der Waals surface area contributed by atoms with Crippen LogP contribution in [0.25, 0.3) is 0 Å². The quantitative estimate of drug-likeness (QED) is 0.576. The standard InChI is InChI=1S/C10H18S/c1-8-6-5-7-10(2,3)9(8)11-4/h5-7H2,1-4H3. The van der Waals surface area contributed by atoms with Crippen LogP contribution in [0.5, 0.6) is 0 Å². The zero-order valence-electron chi connectivity index (χ0n) is 8.03. The van der Waals surface area contributed by atoms with E-state index in [1.165, 1.54) is 19.3 Å². The van der Waals surface area contributed by atoms with Gasteiger partial charge >= 0.3 is 0 Å². The lowest BCUT2D eigenvalue weighted by molar-refractivity contribution is 0.389. The summed E-state index contributed by atoms with van der Waals surface area (Å²) in [6.07, 6.45) is 6.26. The Kier molecular flexibility index (Phi) is 2.69. The van der Waals surface area contributed by atoms with E-state index in [0.29, 0.717) is 5.41 Å². The third kappa shape index (κ3) is 1.81. The molecule has 0 fully saturated rings. The predicted molar refractivity (Wildman–Crippen MR) is 53.8 cm³/mol. The number of hydrogen-bond acceptors (Lipinski definition) is 1. The summed E-state index contributed by atoms with van der Waals surface area (Å²) in [5.74, 6) is 0. The van der Waals surface area contributed by atoms with Gasteiger partial charge in [0.2, 0.25) is 0 Å². The van der Waals surface area contributed by atoms with E-state index < -0.39 is 0 Å². The van der Waals surface area contributed by atoms with E-state index in [0.717, 1.165) is 0 Å². The fraction of sp³-hybridized carbons (Fsp3) is 0.800. The van der Waals surface area contributed by atoms with Gasteiger partial charge in [0, 0.05) is 0 Å². The lowest BCUT2D eigenvalue weighted by atomic mass is 9.80. The molecule has 0 amide bonds. The Morgan fingerprint density at radius 3 is 2.36 bits per heavy atom. The maximum atomic E-state index is 2.36. The zero-order valence-corrected chi connectivity index (χ0v) is 8.85. The molecule has 0 spiro atoms. The van der Waals surface area contributed by atoms with Crippen LogP contribution in [0.1, 0.15) is 40.0 Å². The lowest BCUT2D eigenvalue weighted by Gasteiger charge is -2.33. The summed E-state index contributed by atoms with van der Waals surface area (Å²) < 4.78 is 0. The Morgan fingerprint density at radius 2 is 2.00 bits per heavy atom. The highest BCUT2D eigenvalue weighted by atomic mass is 32.2. The molecule has 0 nitrogen and oxygen atoms in total. The van der Waals surface area contributed by atoms with E-state index in [1.54, 1.807) is 10.5 Å². The molecular formula is C10H18S. The first-order valence-corrected chi connectivity index (χ1v) is 5.54. The maximum absolute atomic E-state index is 2.36. The van der Waals surface area contributed by atoms with Gasteiger partial charge in [0.1, 0.15) is 0 Å². The highest BCUT2D eigenvalue weighted by Crippen LogP contribution is 2.44. The SMILES string of the molecule is CSC1=C(C)CCCC1(C)C. The van der Waals surface area contributed by atoms with Crippen LogP contribution < -0.4 is 0 Å². The van der Waals surface area contributed by atoms with Crippen LogP contribution in [0.2, 0.25) is 0 Å². The van der Waals surface area contributed by atoms with Crippen molar-refractivity contribution in [2.24, 2.45) is 5.41 Å². The van der Waals surface area contributed by atoms with Crippen LogP contribution in [0.3, 0.4) is 0 Å². The summed E-state index contributed by atoms with van der Waals surface area (Å²) in [6, 6.07) is 0.